The van der Waals surface area contributed by atoms with E-state index in [1.807, 2.05) is 0 Å². The standard InChI is InChI=1S/C15H26N2O4/c1-2-10-21-12-6-5-9-17(11-12)14(20)16-15(13(18)19)7-3-4-8-15/h12H,2-11H2,1H3,(H,16,20)(H,18,19). The molecule has 2 fully saturated rings. The fraction of sp³-hybridized carbons (Fsp3) is 0.867. The largest absolute Gasteiger partial charge is 0.480 e. The van der Waals surface area contributed by atoms with Gasteiger partial charge in [0.2, 0.25) is 0 Å². The predicted molar refractivity (Wildman–Crippen MR) is 78.2 cm³/mol. The van der Waals surface area contributed by atoms with Gasteiger partial charge in [-0.05, 0) is 32.1 Å². The number of carbonyl (C=O) groups excluding carboxylic acids is 1. The number of likely N-dealkylation sites (tertiary alicyclic amines) is 1. The summed E-state index contributed by atoms with van der Waals surface area (Å²) < 4.78 is 5.72. The van der Waals surface area contributed by atoms with E-state index in [2.05, 4.69) is 12.2 Å². The molecule has 1 saturated carbocycles. The van der Waals surface area contributed by atoms with Crippen molar-refractivity contribution < 1.29 is 19.4 Å². The molecule has 120 valence electrons. The van der Waals surface area contributed by atoms with E-state index in [1.54, 1.807) is 4.90 Å². The maximum Gasteiger partial charge on any atom is 0.329 e. The van der Waals surface area contributed by atoms with Crippen LogP contribution in [0.1, 0.15) is 51.9 Å². The highest BCUT2D eigenvalue weighted by molar-refractivity contribution is 5.86. The number of carbonyl (C=O) groups is 2. The minimum Gasteiger partial charge on any atom is -0.480 e. The SMILES string of the molecule is CCCOC1CCCN(C(=O)NC2(C(=O)O)CCCC2)C1. The van der Waals surface area contributed by atoms with Crippen LogP contribution in [0.5, 0.6) is 0 Å². The van der Waals surface area contributed by atoms with Crippen molar-refractivity contribution in [3.8, 4) is 0 Å². The molecular weight excluding hydrogens is 272 g/mol. The van der Waals surface area contributed by atoms with Crippen LogP contribution in [0, 0.1) is 0 Å². The third-order valence-corrected chi connectivity index (χ3v) is 4.44. The lowest BCUT2D eigenvalue weighted by Crippen LogP contribution is -2.58. The molecule has 2 amide bonds. The minimum atomic E-state index is -1.06. The Hall–Kier alpha value is -1.30. The van der Waals surface area contributed by atoms with Crippen LogP contribution in [0.3, 0.4) is 0 Å². The smallest absolute Gasteiger partial charge is 0.329 e. The van der Waals surface area contributed by atoms with Gasteiger partial charge >= 0.3 is 12.0 Å². The molecule has 1 atom stereocenters. The van der Waals surface area contributed by atoms with Gasteiger partial charge in [-0.25, -0.2) is 9.59 Å². The van der Waals surface area contributed by atoms with E-state index in [0.717, 1.165) is 32.1 Å². The molecule has 0 radical (unpaired) electrons. The molecule has 1 saturated heterocycles. The summed E-state index contributed by atoms with van der Waals surface area (Å²) in [4.78, 5) is 25.6. The Kier molecular flexibility index (Phi) is 5.45. The summed E-state index contributed by atoms with van der Waals surface area (Å²) in [7, 11) is 0. The maximum absolute atomic E-state index is 12.4. The van der Waals surface area contributed by atoms with Crippen LogP contribution in [0.15, 0.2) is 0 Å². The van der Waals surface area contributed by atoms with Gasteiger partial charge in [0.25, 0.3) is 0 Å². The monoisotopic (exact) mass is 298 g/mol. The van der Waals surface area contributed by atoms with Crippen LogP contribution in [-0.4, -0.2) is 53.3 Å². The number of rotatable bonds is 5. The zero-order chi connectivity index (χ0) is 15.3. The first-order valence-corrected chi connectivity index (χ1v) is 7.99. The number of carboxylic acid groups (broad SMARTS) is 1. The van der Waals surface area contributed by atoms with Crippen molar-refractivity contribution in [3.63, 3.8) is 0 Å². The van der Waals surface area contributed by atoms with Gasteiger partial charge in [-0.15, -0.1) is 0 Å². The molecule has 0 aromatic rings. The van der Waals surface area contributed by atoms with E-state index < -0.39 is 11.5 Å². The van der Waals surface area contributed by atoms with Gasteiger partial charge in [-0.1, -0.05) is 19.8 Å². The molecular formula is C15H26N2O4. The summed E-state index contributed by atoms with van der Waals surface area (Å²) in [6, 6.07) is -0.260. The summed E-state index contributed by atoms with van der Waals surface area (Å²) in [6.45, 7) is 4.00. The minimum absolute atomic E-state index is 0.0776. The highest BCUT2D eigenvalue weighted by Gasteiger charge is 2.43. The van der Waals surface area contributed by atoms with Crippen molar-refractivity contribution in [2.75, 3.05) is 19.7 Å². The molecule has 21 heavy (non-hydrogen) atoms. The first-order chi connectivity index (χ1) is 10.1. The number of piperidine rings is 1. The van der Waals surface area contributed by atoms with Crippen molar-refractivity contribution >= 4 is 12.0 Å². The highest BCUT2D eigenvalue weighted by Crippen LogP contribution is 2.30. The Bertz CT molecular complexity index is 380. The normalized spacial score (nSPS) is 24.8. The number of hydrogen-bond acceptors (Lipinski definition) is 3. The average molecular weight is 298 g/mol. The molecule has 0 aromatic heterocycles. The molecule has 1 heterocycles. The number of hydrogen-bond donors (Lipinski definition) is 2. The van der Waals surface area contributed by atoms with E-state index in [9.17, 15) is 14.7 Å². The fourth-order valence-corrected chi connectivity index (χ4v) is 3.20. The second kappa shape index (κ2) is 7.11. The predicted octanol–water partition coefficient (Wildman–Crippen LogP) is 1.98. The Labute approximate surface area is 125 Å². The second-order valence-corrected chi connectivity index (χ2v) is 6.11. The molecule has 1 unspecified atom stereocenters. The van der Waals surface area contributed by atoms with Gasteiger partial charge < -0.3 is 20.1 Å². The summed E-state index contributed by atoms with van der Waals surface area (Å²) in [6.07, 6.45) is 5.67. The third-order valence-electron chi connectivity index (χ3n) is 4.44. The van der Waals surface area contributed by atoms with E-state index in [4.69, 9.17) is 4.74 Å². The molecule has 2 rings (SSSR count). The van der Waals surface area contributed by atoms with Gasteiger partial charge in [0.15, 0.2) is 0 Å². The van der Waals surface area contributed by atoms with E-state index in [0.29, 0.717) is 32.5 Å². The molecule has 0 bridgehead atoms. The molecule has 2 N–H and O–H groups in total. The first-order valence-electron chi connectivity index (χ1n) is 7.99. The van der Waals surface area contributed by atoms with Crippen LogP contribution in [0.25, 0.3) is 0 Å². The molecule has 2 aliphatic rings. The Morgan fingerprint density at radius 3 is 2.67 bits per heavy atom. The number of amides is 2. The zero-order valence-electron chi connectivity index (χ0n) is 12.8. The third kappa shape index (κ3) is 3.87. The number of aliphatic carboxylic acids is 1. The summed E-state index contributed by atoms with van der Waals surface area (Å²) in [5, 5.41) is 12.2. The lowest BCUT2D eigenvalue weighted by atomic mass is 9.98. The van der Waals surface area contributed by atoms with Crippen molar-refractivity contribution in [2.45, 2.75) is 63.5 Å². The number of nitrogens with zero attached hydrogens (tertiary/aromatic N) is 1. The van der Waals surface area contributed by atoms with Crippen molar-refractivity contribution in [3.05, 3.63) is 0 Å². The van der Waals surface area contributed by atoms with Crippen molar-refractivity contribution in [1.82, 2.24) is 10.2 Å². The van der Waals surface area contributed by atoms with Gasteiger partial charge in [-0.3, -0.25) is 0 Å². The number of carboxylic acids is 1. The fourth-order valence-electron chi connectivity index (χ4n) is 3.20. The lowest BCUT2D eigenvalue weighted by molar-refractivity contribution is -0.144. The molecule has 6 nitrogen and oxygen atoms in total. The van der Waals surface area contributed by atoms with Crippen LogP contribution >= 0.6 is 0 Å². The molecule has 1 aliphatic heterocycles. The van der Waals surface area contributed by atoms with Crippen LogP contribution < -0.4 is 5.32 Å². The van der Waals surface area contributed by atoms with Crippen molar-refractivity contribution in [1.29, 1.82) is 0 Å². The lowest BCUT2D eigenvalue weighted by Gasteiger charge is -2.35. The van der Waals surface area contributed by atoms with Crippen LogP contribution in [0.4, 0.5) is 4.79 Å². The second-order valence-electron chi connectivity index (χ2n) is 6.11. The van der Waals surface area contributed by atoms with Crippen molar-refractivity contribution in [2.24, 2.45) is 0 Å². The summed E-state index contributed by atoms with van der Waals surface area (Å²) in [5.41, 5.74) is -1.06. The number of nitrogens with one attached hydrogen (secondary N) is 1. The summed E-state index contributed by atoms with van der Waals surface area (Å²) >= 11 is 0. The van der Waals surface area contributed by atoms with E-state index in [1.165, 1.54) is 0 Å². The Morgan fingerprint density at radius 1 is 1.33 bits per heavy atom. The van der Waals surface area contributed by atoms with Gasteiger partial charge in [0, 0.05) is 19.7 Å². The molecule has 6 heteroatoms. The topological polar surface area (TPSA) is 78.9 Å². The molecule has 1 aliphatic carbocycles. The average Bonchev–Trinajstić information content (AvgIpc) is 2.95. The highest BCUT2D eigenvalue weighted by atomic mass is 16.5. The molecule has 0 aromatic carbocycles. The van der Waals surface area contributed by atoms with E-state index >= 15 is 0 Å². The Morgan fingerprint density at radius 2 is 2.05 bits per heavy atom. The van der Waals surface area contributed by atoms with Gasteiger partial charge in [0.1, 0.15) is 5.54 Å². The summed E-state index contributed by atoms with van der Waals surface area (Å²) in [5.74, 6) is -0.913. The number of urea groups is 1. The van der Waals surface area contributed by atoms with Crippen LogP contribution in [-0.2, 0) is 9.53 Å². The quantitative estimate of drug-likeness (QED) is 0.813. The maximum atomic E-state index is 12.4. The van der Waals surface area contributed by atoms with Gasteiger partial charge in [-0.2, -0.15) is 0 Å². The van der Waals surface area contributed by atoms with Gasteiger partial charge in [0.05, 0.1) is 6.10 Å². The first kappa shape index (κ1) is 16.1. The molecule has 0 spiro atoms. The Balaban J connectivity index is 1.91. The number of ether oxygens (including phenoxy) is 1. The van der Waals surface area contributed by atoms with E-state index in [-0.39, 0.29) is 12.1 Å². The van der Waals surface area contributed by atoms with Crippen LogP contribution in [0.2, 0.25) is 0 Å². The zero-order valence-corrected chi connectivity index (χ0v) is 12.8.